The molecular formula is C36H35N7O4. The van der Waals surface area contributed by atoms with Crippen LogP contribution in [0.3, 0.4) is 0 Å². The number of nitrogens with zero attached hydrogens (tertiary/aromatic N) is 4. The average Bonchev–Trinajstić information content (AvgIpc) is 3.47. The predicted molar refractivity (Wildman–Crippen MR) is 181 cm³/mol. The average molecular weight is 630 g/mol. The second-order valence-electron chi connectivity index (χ2n) is 13.5. The van der Waals surface area contributed by atoms with Crippen LogP contribution in [0.15, 0.2) is 64.2 Å². The number of ether oxygens (including phenoxy) is 1. The van der Waals surface area contributed by atoms with Gasteiger partial charge in [-0.1, -0.05) is 18.2 Å². The van der Waals surface area contributed by atoms with Gasteiger partial charge in [-0.3, -0.25) is 14.6 Å². The summed E-state index contributed by atoms with van der Waals surface area (Å²) in [5, 5.41) is 1.52. The van der Waals surface area contributed by atoms with Crippen molar-refractivity contribution in [1.29, 1.82) is 0 Å². The zero-order chi connectivity index (χ0) is 32.1. The lowest BCUT2D eigenvalue weighted by Gasteiger charge is -2.27. The third-order valence-electron chi connectivity index (χ3n) is 10.7. The van der Waals surface area contributed by atoms with Crippen molar-refractivity contribution >= 4 is 38.7 Å². The number of benzene rings is 3. The number of amides is 1. The highest BCUT2D eigenvalue weighted by Crippen LogP contribution is 2.41. The first-order valence-corrected chi connectivity index (χ1v) is 16.3. The first kappa shape index (κ1) is 28.1. The molecule has 3 atom stereocenters. The third kappa shape index (κ3) is 4.36. The number of aromatic nitrogens is 5. The van der Waals surface area contributed by atoms with E-state index in [1.807, 2.05) is 36.2 Å². The summed E-state index contributed by atoms with van der Waals surface area (Å²) in [6, 6.07) is 17.9. The number of nitrogens with one attached hydrogen (secondary N) is 2. The van der Waals surface area contributed by atoms with Gasteiger partial charge in [-0.05, 0) is 85.0 Å². The van der Waals surface area contributed by atoms with Crippen LogP contribution >= 0.6 is 0 Å². The molecule has 6 aromatic rings. The first-order valence-electron chi connectivity index (χ1n) is 16.3. The van der Waals surface area contributed by atoms with Gasteiger partial charge >= 0.3 is 5.69 Å². The summed E-state index contributed by atoms with van der Waals surface area (Å²) in [6.07, 6.45) is 4.42. The molecule has 4 N–H and O–H groups in total. The standard InChI is InChI=1S/C36H35N7O4/c1-41-32-26(12-23(15-30(32)47-2)35(45)43-17-22-8-10-27(43)31(22)37)38-33(41)29-14-21-6-5-20(13-28(21)42(29)16-18-3-4-18)19-7-9-25-24(11-19)34(44)40-36(46)39-25/h5-7,9,11-15,18,22,27,31H,3-4,8,10,16-17,37H2,1-2H3,(H2,39,40,44,46). The summed E-state index contributed by atoms with van der Waals surface area (Å²) in [5.74, 6) is 2.36. The predicted octanol–water partition coefficient (Wildman–Crippen LogP) is 4.37. The van der Waals surface area contributed by atoms with Gasteiger partial charge in [0.25, 0.3) is 11.5 Å². The molecule has 3 aliphatic rings. The number of rotatable bonds is 6. The Balaban J connectivity index is 1.16. The SMILES string of the molecule is COc1cc(C(=O)N2CC3CCC2C3N)cc2nc(-c3cc4ccc(-c5ccc6[nH]c(=O)[nH]c(=O)c6c5)cc4n3CC3CC3)n(C)c12. The molecule has 2 bridgehead atoms. The molecule has 2 saturated carbocycles. The minimum absolute atomic E-state index is 0.0162. The number of methoxy groups -OCH3 is 1. The van der Waals surface area contributed by atoms with Crippen LogP contribution < -0.4 is 21.7 Å². The maximum absolute atomic E-state index is 13.8. The summed E-state index contributed by atoms with van der Waals surface area (Å²) in [4.78, 5) is 50.1. The highest BCUT2D eigenvalue weighted by atomic mass is 16.5. The molecular weight excluding hydrogens is 594 g/mol. The Bertz CT molecular complexity index is 2390. The van der Waals surface area contributed by atoms with Gasteiger partial charge in [-0.2, -0.15) is 0 Å². The zero-order valence-electron chi connectivity index (χ0n) is 26.2. The van der Waals surface area contributed by atoms with E-state index in [0.717, 1.165) is 58.5 Å². The lowest BCUT2D eigenvalue weighted by atomic mass is 10.0. The van der Waals surface area contributed by atoms with Crippen LogP contribution in [0.4, 0.5) is 0 Å². The van der Waals surface area contributed by atoms with Crippen LogP contribution in [0.2, 0.25) is 0 Å². The lowest BCUT2D eigenvalue weighted by molar-refractivity contribution is 0.0700. The summed E-state index contributed by atoms with van der Waals surface area (Å²) in [7, 11) is 3.63. The Kier molecular flexibility index (Phi) is 6.08. The largest absolute Gasteiger partial charge is 0.494 e. The Hall–Kier alpha value is -5.16. The number of H-pyrrole nitrogens is 2. The number of nitrogens with two attached hydrogens (primary N) is 1. The van der Waals surface area contributed by atoms with Gasteiger partial charge in [0, 0.05) is 48.7 Å². The molecule has 3 aromatic carbocycles. The maximum atomic E-state index is 13.8. The molecule has 47 heavy (non-hydrogen) atoms. The van der Waals surface area contributed by atoms with Gasteiger partial charge in [0.2, 0.25) is 0 Å². The van der Waals surface area contributed by atoms with Crippen molar-refractivity contribution in [2.24, 2.45) is 24.6 Å². The Morgan fingerprint density at radius 3 is 2.55 bits per heavy atom. The smallest absolute Gasteiger partial charge is 0.326 e. The minimum Gasteiger partial charge on any atom is -0.494 e. The van der Waals surface area contributed by atoms with E-state index in [2.05, 4.69) is 43.4 Å². The van der Waals surface area contributed by atoms with Crippen molar-refractivity contribution in [3.63, 3.8) is 0 Å². The topological polar surface area (TPSA) is 144 Å². The fraction of sp³-hybridized carbons (Fsp3) is 0.333. The Morgan fingerprint density at radius 2 is 1.81 bits per heavy atom. The summed E-state index contributed by atoms with van der Waals surface area (Å²) in [5.41, 5.74) is 12.0. The molecule has 3 aromatic heterocycles. The molecule has 1 saturated heterocycles. The van der Waals surface area contributed by atoms with Crippen molar-refractivity contribution in [2.75, 3.05) is 13.7 Å². The second kappa shape index (κ2) is 10.2. The Morgan fingerprint density at radius 1 is 1.00 bits per heavy atom. The van der Waals surface area contributed by atoms with Gasteiger partial charge in [-0.15, -0.1) is 0 Å². The second-order valence-corrected chi connectivity index (χ2v) is 13.5. The van der Waals surface area contributed by atoms with E-state index in [1.165, 1.54) is 12.8 Å². The van der Waals surface area contributed by atoms with Crippen LogP contribution in [0.5, 0.6) is 5.75 Å². The van der Waals surface area contributed by atoms with E-state index in [1.54, 1.807) is 13.2 Å². The van der Waals surface area contributed by atoms with E-state index < -0.39 is 11.2 Å². The molecule has 238 valence electrons. The lowest BCUT2D eigenvalue weighted by Crippen LogP contribution is -2.41. The molecule has 0 spiro atoms. The van der Waals surface area contributed by atoms with Crippen molar-refractivity contribution in [2.45, 2.75) is 44.3 Å². The summed E-state index contributed by atoms with van der Waals surface area (Å²) < 4.78 is 10.3. The van der Waals surface area contributed by atoms with Crippen molar-refractivity contribution in [1.82, 2.24) is 29.0 Å². The van der Waals surface area contributed by atoms with Crippen molar-refractivity contribution in [3.05, 3.63) is 81.0 Å². The van der Waals surface area contributed by atoms with Crippen molar-refractivity contribution in [3.8, 4) is 28.4 Å². The summed E-state index contributed by atoms with van der Waals surface area (Å²) >= 11 is 0. The molecule has 1 amide bonds. The number of fused-ring (bicyclic) bond motifs is 5. The first-order chi connectivity index (χ1) is 22.8. The normalized spacial score (nSPS) is 20.7. The number of aromatic amines is 2. The number of hydrogen-bond donors (Lipinski definition) is 3. The van der Waals surface area contributed by atoms with Gasteiger partial charge in [0.15, 0.2) is 5.82 Å². The molecule has 2 aliphatic carbocycles. The van der Waals surface area contributed by atoms with Gasteiger partial charge in [0.1, 0.15) is 11.3 Å². The monoisotopic (exact) mass is 629 g/mol. The van der Waals surface area contributed by atoms with Crippen LogP contribution in [0.1, 0.15) is 36.0 Å². The minimum atomic E-state index is -0.521. The quantitative estimate of drug-likeness (QED) is 0.250. The Labute approximate surface area is 269 Å². The van der Waals surface area contributed by atoms with Crippen LogP contribution in [-0.2, 0) is 13.6 Å². The number of imidazole rings is 1. The molecule has 9 rings (SSSR count). The number of aryl methyl sites for hydroxylation is 1. The summed E-state index contributed by atoms with van der Waals surface area (Å²) in [6.45, 7) is 1.57. The molecule has 11 heteroatoms. The van der Waals surface area contributed by atoms with Gasteiger partial charge in [0.05, 0.1) is 29.2 Å². The molecule has 4 heterocycles. The van der Waals surface area contributed by atoms with E-state index in [0.29, 0.717) is 46.1 Å². The van der Waals surface area contributed by atoms with Gasteiger partial charge in [-0.25, -0.2) is 9.78 Å². The number of likely N-dealkylation sites (tertiary alicyclic amines) is 1. The van der Waals surface area contributed by atoms with Gasteiger partial charge < -0.3 is 29.5 Å². The van der Waals surface area contributed by atoms with E-state index in [9.17, 15) is 14.4 Å². The van der Waals surface area contributed by atoms with Crippen LogP contribution in [0.25, 0.3) is 55.5 Å². The number of piperidine rings is 1. The molecule has 1 aliphatic heterocycles. The van der Waals surface area contributed by atoms with Crippen molar-refractivity contribution < 1.29 is 9.53 Å². The fourth-order valence-corrected chi connectivity index (χ4v) is 7.99. The van der Waals surface area contributed by atoms with Crippen LogP contribution in [0, 0.1) is 11.8 Å². The zero-order valence-corrected chi connectivity index (χ0v) is 26.2. The molecule has 0 radical (unpaired) electrons. The highest BCUT2D eigenvalue weighted by molar-refractivity contribution is 6.01. The third-order valence-corrected chi connectivity index (χ3v) is 10.7. The molecule has 11 nitrogen and oxygen atoms in total. The number of hydrogen-bond acceptors (Lipinski definition) is 6. The van der Waals surface area contributed by atoms with Crippen LogP contribution in [-0.4, -0.2) is 60.6 Å². The molecule has 3 unspecified atom stereocenters. The molecule has 3 fully saturated rings. The number of carbonyl (C=O) groups is 1. The number of carbonyl (C=O) groups excluding carboxylic acids is 1. The fourth-order valence-electron chi connectivity index (χ4n) is 7.99. The highest BCUT2D eigenvalue weighted by Gasteiger charge is 2.47. The van der Waals surface area contributed by atoms with E-state index >= 15 is 0 Å². The maximum Gasteiger partial charge on any atom is 0.326 e. The van der Waals surface area contributed by atoms with E-state index in [4.69, 9.17) is 15.5 Å². The van der Waals surface area contributed by atoms with E-state index in [-0.39, 0.29) is 18.0 Å².